The molecule has 0 saturated carbocycles. The van der Waals surface area contributed by atoms with Gasteiger partial charge in [0.25, 0.3) is 0 Å². The number of nitrogens with one attached hydrogen (secondary N) is 1. The van der Waals surface area contributed by atoms with E-state index in [9.17, 15) is 0 Å². The van der Waals surface area contributed by atoms with Crippen molar-refractivity contribution < 1.29 is 0 Å². The molecule has 176 valence electrons. The Labute approximate surface area is 186 Å². The van der Waals surface area contributed by atoms with Crippen molar-refractivity contribution in [2.24, 2.45) is 0 Å². The zero-order valence-corrected chi connectivity index (χ0v) is 21.0. The molecule has 29 heavy (non-hydrogen) atoms. The van der Waals surface area contributed by atoms with Crippen LogP contribution in [0.5, 0.6) is 0 Å². The van der Waals surface area contributed by atoms with E-state index in [-0.39, 0.29) is 0 Å². The van der Waals surface area contributed by atoms with E-state index in [2.05, 4.69) is 26.1 Å². The summed E-state index contributed by atoms with van der Waals surface area (Å²) in [7, 11) is 0. The minimum atomic E-state index is 0.771. The highest BCUT2D eigenvalue weighted by Gasteiger charge is 2.04. The molecule has 0 bridgehead atoms. The largest absolute Gasteiger partial charge is 0.314 e. The molecular weight excluding hydrogens is 350 g/mol. The Kier molecular flexibility index (Phi) is 26.0. The zero-order valence-electron chi connectivity index (χ0n) is 21.0. The highest BCUT2D eigenvalue weighted by atomic mass is 14.9. The molecule has 1 unspecified atom stereocenters. The van der Waals surface area contributed by atoms with Crippen LogP contribution in [0.15, 0.2) is 0 Å². The van der Waals surface area contributed by atoms with Crippen molar-refractivity contribution in [3.63, 3.8) is 0 Å². The van der Waals surface area contributed by atoms with E-state index in [1.165, 1.54) is 154 Å². The fourth-order valence-electron chi connectivity index (χ4n) is 4.42. The monoisotopic (exact) mass is 409 g/mol. The molecule has 0 aliphatic rings. The summed E-state index contributed by atoms with van der Waals surface area (Å²) in [5.41, 5.74) is 0. The van der Waals surface area contributed by atoms with Gasteiger partial charge in [0.1, 0.15) is 0 Å². The molecule has 0 saturated heterocycles. The maximum atomic E-state index is 3.83. The van der Waals surface area contributed by atoms with Crippen LogP contribution in [0, 0.1) is 0 Å². The van der Waals surface area contributed by atoms with E-state index in [1.807, 2.05) is 0 Å². The van der Waals surface area contributed by atoms with Gasteiger partial charge in [0.05, 0.1) is 0 Å². The standard InChI is InChI=1S/C28H59N/c1-4-7-9-11-13-15-16-17-19-21-23-25-27-29-28(6-3)26-24-22-20-18-14-12-10-8-5-2/h28-29H,4-27H2,1-3H3. The Bertz CT molecular complexity index is 275. The van der Waals surface area contributed by atoms with Crippen molar-refractivity contribution in [1.29, 1.82) is 0 Å². The quantitative estimate of drug-likeness (QED) is 0.148. The average molecular weight is 410 g/mol. The minimum Gasteiger partial charge on any atom is -0.314 e. The first-order valence-electron chi connectivity index (χ1n) is 14.1. The Balaban J connectivity index is 3.26. The van der Waals surface area contributed by atoms with E-state index in [0.29, 0.717) is 0 Å². The molecule has 0 rings (SSSR count). The third-order valence-corrected chi connectivity index (χ3v) is 6.61. The molecule has 0 aromatic carbocycles. The summed E-state index contributed by atoms with van der Waals surface area (Å²) < 4.78 is 0. The predicted octanol–water partition coefficient (Wildman–Crippen LogP) is 9.98. The van der Waals surface area contributed by atoms with Gasteiger partial charge < -0.3 is 5.32 Å². The molecule has 1 N–H and O–H groups in total. The van der Waals surface area contributed by atoms with Gasteiger partial charge in [0, 0.05) is 6.04 Å². The van der Waals surface area contributed by atoms with Crippen LogP contribution in [0.2, 0.25) is 0 Å². The van der Waals surface area contributed by atoms with E-state index in [0.717, 1.165) is 6.04 Å². The fourth-order valence-corrected chi connectivity index (χ4v) is 4.42. The van der Waals surface area contributed by atoms with Gasteiger partial charge in [-0.2, -0.15) is 0 Å². The average Bonchev–Trinajstić information content (AvgIpc) is 2.74. The van der Waals surface area contributed by atoms with Gasteiger partial charge in [-0.1, -0.05) is 149 Å². The Morgan fingerprint density at radius 3 is 1.14 bits per heavy atom. The van der Waals surface area contributed by atoms with Gasteiger partial charge in [0.15, 0.2) is 0 Å². The Morgan fingerprint density at radius 2 is 0.759 bits per heavy atom. The summed E-state index contributed by atoms with van der Waals surface area (Å²) in [4.78, 5) is 0. The smallest absolute Gasteiger partial charge is 0.00644 e. The van der Waals surface area contributed by atoms with E-state index in [4.69, 9.17) is 0 Å². The second kappa shape index (κ2) is 26.0. The molecule has 0 aliphatic heterocycles. The molecule has 0 radical (unpaired) electrons. The SMILES string of the molecule is CCCCCCCCCCCCCCNC(CC)CCCCCCCCCCC. The van der Waals surface area contributed by atoms with Crippen LogP contribution in [0.25, 0.3) is 0 Å². The van der Waals surface area contributed by atoms with Crippen molar-refractivity contribution in [2.75, 3.05) is 6.54 Å². The number of hydrogen-bond acceptors (Lipinski definition) is 1. The lowest BCUT2D eigenvalue weighted by atomic mass is 10.0. The molecule has 0 aromatic rings. The highest BCUT2D eigenvalue weighted by Crippen LogP contribution is 2.13. The second-order valence-electron chi connectivity index (χ2n) is 9.57. The van der Waals surface area contributed by atoms with Crippen LogP contribution in [-0.2, 0) is 0 Å². The van der Waals surface area contributed by atoms with E-state index < -0.39 is 0 Å². The van der Waals surface area contributed by atoms with Gasteiger partial charge in [-0.05, 0) is 25.8 Å². The Morgan fingerprint density at radius 1 is 0.414 bits per heavy atom. The lowest BCUT2D eigenvalue weighted by molar-refractivity contribution is 0.431. The lowest BCUT2D eigenvalue weighted by Gasteiger charge is -2.17. The molecule has 1 atom stereocenters. The first-order valence-corrected chi connectivity index (χ1v) is 14.1. The van der Waals surface area contributed by atoms with Crippen LogP contribution in [0.4, 0.5) is 0 Å². The van der Waals surface area contributed by atoms with Gasteiger partial charge >= 0.3 is 0 Å². The summed E-state index contributed by atoms with van der Waals surface area (Å²) in [6.07, 6.45) is 33.0. The molecule has 0 aromatic heterocycles. The van der Waals surface area contributed by atoms with Gasteiger partial charge in [-0.3, -0.25) is 0 Å². The topological polar surface area (TPSA) is 12.0 Å². The summed E-state index contributed by atoms with van der Waals surface area (Å²) >= 11 is 0. The van der Waals surface area contributed by atoms with Crippen LogP contribution < -0.4 is 5.32 Å². The van der Waals surface area contributed by atoms with Crippen LogP contribution in [0.1, 0.15) is 168 Å². The highest BCUT2D eigenvalue weighted by molar-refractivity contribution is 4.65. The van der Waals surface area contributed by atoms with Gasteiger partial charge in [-0.15, -0.1) is 0 Å². The lowest BCUT2D eigenvalue weighted by Crippen LogP contribution is -2.29. The minimum absolute atomic E-state index is 0.771. The van der Waals surface area contributed by atoms with E-state index in [1.54, 1.807) is 0 Å². The molecular formula is C28H59N. The summed E-state index contributed by atoms with van der Waals surface area (Å²) in [6, 6.07) is 0.771. The maximum Gasteiger partial charge on any atom is 0.00644 e. The first-order chi connectivity index (χ1) is 14.3. The number of unbranched alkanes of at least 4 members (excludes halogenated alkanes) is 19. The molecule has 0 heterocycles. The maximum absolute atomic E-state index is 3.83. The normalized spacial score (nSPS) is 12.5. The van der Waals surface area contributed by atoms with Crippen molar-refractivity contribution in [3.05, 3.63) is 0 Å². The second-order valence-corrected chi connectivity index (χ2v) is 9.57. The van der Waals surface area contributed by atoms with Crippen LogP contribution in [0.3, 0.4) is 0 Å². The van der Waals surface area contributed by atoms with Crippen LogP contribution >= 0.6 is 0 Å². The zero-order chi connectivity index (χ0) is 21.3. The predicted molar refractivity (Wildman–Crippen MR) is 135 cm³/mol. The molecule has 0 fully saturated rings. The molecule has 1 heteroatoms. The van der Waals surface area contributed by atoms with Crippen molar-refractivity contribution in [3.8, 4) is 0 Å². The van der Waals surface area contributed by atoms with Crippen LogP contribution in [-0.4, -0.2) is 12.6 Å². The third-order valence-electron chi connectivity index (χ3n) is 6.61. The summed E-state index contributed by atoms with van der Waals surface area (Å²) in [5.74, 6) is 0. The number of hydrogen-bond donors (Lipinski definition) is 1. The number of rotatable bonds is 25. The molecule has 0 amide bonds. The third kappa shape index (κ3) is 24.1. The Hall–Kier alpha value is -0.0400. The van der Waals surface area contributed by atoms with Gasteiger partial charge in [-0.25, -0.2) is 0 Å². The molecule has 0 aliphatic carbocycles. The fraction of sp³-hybridized carbons (Fsp3) is 1.00. The van der Waals surface area contributed by atoms with E-state index >= 15 is 0 Å². The van der Waals surface area contributed by atoms with Crippen molar-refractivity contribution in [1.82, 2.24) is 5.32 Å². The molecule has 1 nitrogen and oxygen atoms in total. The summed E-state index contributed by atoms with van der Waals surface area (Å²) in [5, 5.41) is 3.83. The van der Waals surface area contributed by atoms with Crippen molar-refractivity contribution in [2.45, 2.75) is 174 Å². The summed E-state index contributed by atoms with van der Waals surface area (Å²) in [6.45, 7) is 8.20. The molecule has 0 spiro atoms. The first kappa shape index (κ1) is 29.0. The van der Waals surface area contributed by atoms with Gasteiger partial charge in [0.2, 0.25) is 0 Å². The van der Waals surface area contributed by atoms with Crippen molar-refractivity contribution >= 4 is 0 Å².